The molecule has 1 aromatic carbocycles. The Kier molecular flexibility index (Phi) is 8.55. The van der Waals surface area contributed by atoms with Crippen LogP contribution < -0.4 is 4.74 Å². The van der Waals surface area contributed by atoms with E-state index in [2.05, 4.69) is 74.3 Å². The van der Waals surface area contributed by atoms with Crippen LogP contribution in [0.25, 0.3) is 0 Å². The summed E-state index contributed by atoms with van der Waals surface area (Å²) in [5.41, 5.74) is 0.165. The van der Waals surface area contributed by atoms with Crippen molar-refractivity contribution in [2.45, 2.75) is 39.5 Å². The van der Waals surface area contributed by atoms with E-state index in [0.29, 0.717) is 6.61 Å². The first-order valence-corrected chi connectivity index (χ1v) is 9.87. The zero-order valence-corrected chi connectivity index (χ0v) is 17.5. The third-order valence-corrected chi connectivity index (χ3v) is 5.69. The minimum absolute atomic E-state index is 0.165. The van der Waals surface area contributed by atoms with Gasteiger partial charge >= 0.3 is 0 Å². The average Bonchev–Trinajstić information content (AvgIpc) is 2.37. The molecule has 0 heterocycles. The van der Waals surface area contributed by atoms with E-state index in [-0.39, 0.29) is 5.41 Å². The van der Waals surface area contributed by atoms with Gasteiger partial charge in [-0.15, -0.1) is 0 Å². The molecule has 20 heavy (non-hydrogen) atoms. The average molecular weight is 489 g/mol. The van der Waals surface area contributed by atoms with Crippen molar-refractivity contribution < 1.29 is 4.74 Å². The van der Waals surface area contributed by atoms with Crippen molar-refractivity contribution >= 4 is 60.4 Å². The summed E-state index contributed by atoms with van der Waals surface area (Å²) in [5.74, 6) is 1.73. The van der Waals surface area contributed by atoms with Crippen LogP contribution in [0.15, 0.2) is 25.6 Å². The lowest BCUT2D eigenvalue weighted by Crippen LogP contribution is -2.30. The summed E-state index contributed by atoms with van der Waals surface area (Å²) < 4.78 is 9.06. The molecule has 0 aliphatic rings. The Balaban J connectivity index is 2.87. The zero-order chi connectivity index (χ0) is 15.2. The first-order chi connectivity index (χ1) is 9.48. The fourth-order valence-electron chi connectivity index (χ4n) is 2.43. The highest BCUT2D eigenvalue weighted by Gasteiger charge is 2.28. The number of hydrogen-bond acceptors (Lipinski definition) is 2. The fraction of sp³-hybridized carbons (Fsp3) is 0.600. The quantitative estimate of drug-likeness (QED) is 0.393. The summed E-state index contributed by atoms with van der Waals surface area (Å²) in [6, 6.07) is 4.00. The summed E-state index contributed by atoms with van der Waals surface area (Å²) in [5, 5.41) is 0. The topological polar surface area (TPSA) is 9.23 Å². The molecule has 0 aliphatic carbocycles. The van der Waals surface area contributed by atoms with Crippen molar-refractivity contribution in [2.24, 2.45) is 5.41 Å². The smallest absolute Gasteiger partial charge is 0.147 e. The Morgan fingerprint density at radius 3 is 1.95 bits per heavy atom. The van der Waals surface area contributed by atoms with E-state index in [9.17, 15) is 0 Å². The number of thiol groups is 1. The molecular weight excluding hydrogens is 468 g/mol. The molecule has 0 aliphatic heterocycles. The lowest BCUT2D eigenvalue weighted by Gasteiger charge is -2.32. The monoisotopic (exact) mass is 486 g/mol. The Morgan fingerprint density at radius 2 is 1.55 bits per heavy atom. The maximum Gasteiger partial charge on any atom is 0.147 e. The van der Waals surface area contributed by atoms with E-state index in [4.69, 9.17) is 4.74 Å². The molecule has 1 nitrogen and oxygen atoms in total. The van der Waals surface area contributed by atoms with Crippen molar-refractivity contribution in [1.82, 2.24) is 0 Å². The summed E-state index contributed by atoms with van der Waals surface area (Å²) >= 11 is 15.2. The van der Waals surface area contributed by atoms with Crippen LogP contribution in [-0.4, -0.2) is 12.4 Å². The minimum Gasteiger partial charge on any atom is -0.491 e. The Labute approximate surface area is 153 Å². The highest BCUT2D eigenvalue weighted by molar-refractivity contribution is 9.11. The second-order valence-corrected chi connectivity index (χ2v) is 8.09. The molecule has 0 unspecified atom stereocenters. The van der Waals surface area contributed by atoms with Crippen LogP contribution in [0.5, 0.6) is 5.75 Å². The molecule has 0 N–H and O–H groups in total. The first-order valence-electron chi connectivity index (χ1n) is 6.86. The summed E-state index contributed by atoms with van der Waals surface area (Å²) in [6.07, 6.45) is 4.62. The minimum atomic E-state index is 0.165. The van der Waals surface area contributed by atoms with Gasteiger partial charge in [0.1, 0.15) is 5.75 Å². The van der Waals surface area contributed by atoms with Crippen LogP contribution in [0.1, 0.15) is 39.5 Å². The number of halogens is 3. The van der Waals surface area contributed by atoms with Crippen molar-refractivity contribution in [3.05, 3.63) is 25.6 Å². The molecule has 0 saturated heterocycles. The van der Waals surface area contributed by atoms with Gasteiger partial charge in [0.15, 0.2) is 0 Å². The summed E-state index contributed by atoms with van der Waals surface area (Å²) in [4.78, 5) is 0. The van der Waals surface area contributed by atoms with Gasteiger partial charge in [0.05, 0.1) is 15.6 Å². The molecule has 1 aromatic rings. The Morgan fingerprint density at radius 1 is 1.05 bits per heavy atom. The van der Waals surface area contributed by atoms with Gasteiger partial charge in [0.2, 0.25) is 0 Å². The highest BCUT2D eigenvalue weighted by atomic mass is 79.9. The molecule has 0 atom stereocenters. The van der Waals surface area contributed by atoms with Crippen molar-refractivity contribution in [2.75, 3.05) is 12.4 Å². The Bertz CT molecular complexity index is 408. The van der Waals surface area contributed by atoms with Gasteiger partial charge in [0.25, 0.3) is 0 Å². The molecule has 0 radical (unpaired) electrons. The standard InChI is InChI=1S/C15H21Br3OS/c1-3-5-15(10-20,6-4-2)9-19-14-12(17)7-11(16)8-13(14)18/h7-8,20H,3-6,9-10H2,1-2H3. The first kappa shape index (κ1) is 18.9. The third-order valence-electron chi connectivity index (χ3n) is 3.38. The van der Waals surface area contributed by atoms with Gasteiger partial charge in [-0.25, -0.2) is 0 Å². The lowest BCUT2D eigenvalue weighted by molar-refractivity contribution is 0.142. The van der Waals surface area contributed by atoms with E-state index < -0.39 is 0 Å². The zero-order valence-electron chi connectivity index (χ0n) is 11.9. The third kappa shape index (κ3) is 5.22. The molecule has 0 spiro atoms. The van der Waals surface area contributed by atoms with Crippen molar-refractivity contribution in [3.8, 4) is 5.75 Å². The molecule has 0 fully saturated rings. The normalized spacial score (nSPS) is 11.7. The molecule has 114 valence electrons. The number of hydrogen-bond donors (Lipinski definition) is 1. The van der Waals surface area contributed by atoms with Gasteiger partial charge in [-0.05, 0) is 62.6 Å². The number of benzene rings is 1. The number of ether oxygens (including phenoxy) is 1. The molecule has 5 heteroatoms. The van der Waals surface area contributed by atoms with Crippen LogP contribution in [0.2, 0.25) is 0 Å². The van der Waals surface area contributed by atoms with E-state index >= 15 is 0 Å². The maximum atomic E-state index is 6.12. The van der Waals surface area contributed by atoms with Crippen LogP contribution in [0.4, 0.5) is 0 Å². The molecule has 0 amide bonds. The van der Waals surface area contributed by atoms with E-state index in [1.807, 2.05) is 12.1 Å². The van der Waals surface area contributed by atoms with Gasteiger partial charge in [-0.3, -0.25) is 0 Å². The second kappa shape index (κ2) is 9.06. The van der Waals surface area contributed by atoms with Crippen molar-refractivity contribution in [1.29, 1.82) is 0 Å². The van der Waals surface area contributed by atoms with E-state index in [1.165, 1.54) is 0 Å². The molecule has 0 saturated carbocycles. The van der Waals surface area contributed by atoms with Gasteiger partial charge in [0, 0.05) is 9.89 Å². The maximum absolute atomic E-state index is 6.12. The van der Waals surface area contributed by atoms with Crippen LogP contribution in [0, 0.1) is 5.41 Å². The molecule has 1 rings (SSSR count). The largest absolute Gasteiger partial charge is 0.491 e. The second-order valence-electron chi connectivity index (χ2n) is 5.15. The molecule has 0 aromatic heterocycles. The highest BCUT2D eigenvalue weighted by Crippen LogP contribution is 2.39. The van der Waals surface area contributed by atoms with Gasteiger partial charge in [-0.1, -0.05) is 42.6 Å². The van der Waals surface area contributed by atoms with Crippen LogP contribution >= 0.6 is 60.4 Å². The SMILES string of the molecule is CCCC(CS)(CCC)COc1c(Br)cc(Br)cc1Br. The number of rotatable bonds is 8. The fourth-order valence-corrected chi connectivity index (χ4v) is 5.32. The van der Waals surface area contributed by atoms with E-state index in [0.717, 1.165) is 50.6 Å². The molecule has 0 bridgehead atoms. The summed E-state index contributed by atoms with van der Waals surface area (Å²) in [7, 11) is 0. The predicted molar refractivity (Wildman–Crippen MR) is 101 cm³/mol. The van der Waals surface area contributed by atoms with Gasteiger partial charge in [-0.2, -0.15) is 12.6 Å². The summed E-state index contributed by atoms with van der Waals surface area (Å²) in [6.45, 7) is 5.15. The van der Waals surface area contributed by atoms with E-state index in [1.54, 1.807) is 0 Å². The Hall–Kier alpha value is 0.810. The van der Waals surface area contributed by atoms with Crippen LogP contribution in [0.3, 0.4) is 0 Å². The van der Waals surface area contributed by atoms with Gasteiger partial charge < -0.3 is 4.74 Å². The van der Waals surface area contributed by atoms with Crippen LogP contribution in [-0.2, 0) is 0 Å². The van der Waals surface area contributed by atoms with Crippen molar-refractivity contribution in [3.63, 3.8) is 0 Å². The molecular formula is C15H21Br3OS. The lowest BCUT2D eigenvalue weighted by atomic mass is 9.82. The predicted octanol–water partition coefficient (Wildman–Crippen LogP) is 6.87.